The fourth-order valence-corrected chi connectivity index (χ4v) is 4.22. The van der Waals surface area contributed by atoms with Gasteiger partial charge in [-0.1, -0.05) is 6.07 Å². The zero-order valence-corrected chi connectivity index (χ0v) is 17.6. The van der Waals surface area contributed by atoms with Crippen molar-refractivity contribution in [1.29, 1.82) is 0 Å². The lowest BCUT2D eigenvalue weighted by atomic mass is 10.2. The molecule has 1 atom stereocenters. The Hall–Kier alpha value is -1.67. The number of hydrogen-bond acceptors (Lipinski definition) is 7. The smallest absolute Gasteiger partial charge is 0.127 e. The van der Waals surface area contributed by atoms with E-state index in [1.165, 1.54) is 17.7 Å². The van der Waals surface area contributed by atoms with Gasteiger partial charge in [-0.2, -0.15) is 0 Å². The molecule has 2 heterocycles. The van der Waals surface area contributed by atoms with E-state index in [-0.39, 0.29) is 6.61 Å². The number of aromatic nitrogens is 1. The zero-order valence-electron chi connectivity index (χ0n) is 16.8. The highest BCUT2D eigenvalue weighted by molar-refractivity contribution is 7.09. The number of likely N-dealkylation sites (tertiary alicyclic amines) is 1. The lowest BCUT2D eigenvalue weighted by Crippen LogP contribution is -2.33. The van der Waals surface area contributed by atoms with Gasteiger partial charge in [-0.3, -0.25) is 0 Å². The number of nitrogens with zero attached hydrogens (tertiary/aromatic N) is 2. The summed E-state index contributed by atoms with van der Waals surface area (Å²) in [7, 11) is 1.65. The van der Waals surface area contributed by atoms with E-state index in [0.29, 0.717) is 13.1 Å². The molecule has 28 heavy (non-hydrogen) atoms. The van der Waals surface area contributed by atoms with Crippen molar-refractivity contribution < 1.29 is 14.6 Å². The van der Waals surface area contributed by atoms with Crippen molar-refractivity contribution >= 4 is 11.3 Å². The largest absolute Gasteiger partial charge is 0.497 e. The normalized spacial score (nSPS) is 15.7. The molecule has 3 rings (SSSR count). The third kappa shape index (κ3) is 6.17. The monoisotopic (exact) mass is 405 g/mol. The van der Waals surface area contributed by atoms with E-state index in [1.807, 2.05) is 23.7 Å². The Bertz CT molecular complexity index is 731. The molecule has 7 heteroatoms. The fraction of sp³-hybridized carbons (Fsp3) is 0.571. The molecular weight excluding hydrogens is 374 g/mol. The van der Waals surface area contributed by atoms with Gasteiger partial charge in [0, 0.05) is 36.1 Å². The highest BCUT2D eigenvalue weighted by Gasteiger charge is 2.17. The van der Waals surface area contributed by atoms with Crippen molar-refractivity contribution in [2.45, 2.75) is 38.8 Å². The summed E-state index contributed by atoms with van der Waals surface area (Å²) in [4.78, 5) is 7.91. The number of methoxy groups -OCH3 is 1. The first-order chi connectivity index (χ1) is 13.7. The van der Waals surface area contributed by atoms with Crippen LogP contribution in [0.2, 0.25) is 0 Å². The van der Waals surface area contributed by atoms with Gasteiger partial charge in [0.2, 0.25) is 0 Å². The maximum absolute atomic E-state index is 10.3. The number of aliphatic hydroxyl groups is 1. The van der Waals surface area contributed by atoms with Crippen LogP contribution < -0.4 is 14.8 Å². The number of β-amino-alcohol motifs (C(OH)–C–C–N with tert-alkyl or cyclic N) is 1. The Labute approximate surface area is 171 Å². The van der Waals surface area contributed by atoms with Gasteiger partial charge in [0.1, 0.15) is 24.2 Å². The molecular formula is C21H31N3O3S. The first kappa shape index (κ1) is 21.0. The molecule has 154 valence electrons. The minimum absolute atomic E-state index is 0.288. The molecule has 0 bridgehead atoms. The summed E-state index contributed by atoms with van der Waals surface area (Å²) in [5, 5.41) is 13.8. The van der Waals surface area contributed by atoms with E-state index in [1.54, 1.807) is 18.4 Å². The Balaban J connectivity index is 1.50. The van der Waals surface area contributed by atoms with Crippen LogP contribution in [0.15, 0.2) is 23.7 Å². The summed E-state index contributed by atoms with van der Waals surface area (Å²) in [6.45, 7) is 6.75. The Morgan fingerprint density at radius 1 is 1.32 bits per heavy atom. The highest BCUT2D eigenvalue weighted by Crippen LogP contribution is 2.25. The molecule has 1 fully saturated rings. The van der Waals surface area contributed by atoms with E-state index in [9.17, 15) is 5.11 Å². The second-order valence-corrected chi connectivity index (χ2v) is 8.17. The SMILES string of the molecule is COc1ccc(CNCCc2scnc2C)c(OCC(O)CN2CCCC2)c1. The summed E-state index contributed by atoms with van der Waals surface area (Å²) in [6, 6.07) is 5.86. The predicted octanol–water partition coefficient (Wildman–Crippen LogP) is 2.63. The molecule has 1 saturated heterocycles. The number of rotatable bonds is 11. The number of aryl methyl sites for hydroxylation is 1. The number of thiazole rings is 1. The van der Waals surface area contributed by atoms with Crippen LogP contribution in [0.25, 0.3) is 0 Å². The van der Waals surface area contributed by atoms with Gasteiger partial charge >= 0.3 is 0 Å². The van der Waals surface area contributed by atoms with Crippen molar-refractivity contribution in [3.8, 4) is 11.5 Å². The molecule has 1 aliphatic heterocycles. The lowest BCUT2D eigenvalue weighted by Gasteiger charge is -2.20. The fourth-order valence-electron chi connectivity index (χ4n) is 3.44. The molecule has 1 unspecified atom stereocenters. The average molecular weight is 406 g/mol. The van der Waals surface area contributed by atoms with E-state index < -0.39 is 6.10 Å². The van der Waals surface area contributed by atoms with E-state index in [0.717, 1.165) is 48.8 Å². The van der Waals surface area contributed by atoms with Gasteiger partial charge in [-0.25, -0.2) is 4.98 Å². The van der Waals surface area contributed by atoms with Crippen LogP contribution >= 0.6 is 11.3 Å². The summed E-state index contributed by atoms with van der Waals surface area (Å²) in [5.41, 5.74) is 4.08. The summed E-state index contributed by atoms with van der Waals surface area (Å²) in [5.74, 6) is 1.52. The van der Waals surface area contributed by atoms with Crippen LogP contribution in [0.1, 0.15) is 29.0 Å². The zero-order chi connectivity index (χ0) is 19.8. The van der Waals surface area contributed by atoms with Gasteiger partial charge in [-0.05, 0) is 45.3 Å². The molecule has 0 saturated carbocycles. The standard InChI is InChI=1S/C21H31N3O3S/c1-16-21(28-15-23-16)7-8-22-12-17-5-6-19(26-2)11-20(17)27-14-18(25)13-24-9-3-4-10-24/h5-6,11,15,18,22,25H,3-4,7-10,12-14H2,1-2H3. The summed E-state index contributed by atoms with van der Waals surface area (Å²) >= 11 is 1.70. The quantitative estimate of drug-likeness (QED) is 0.560. The molecule has 0 radical (unpaired) electrons. The molecule has 2 N–H and O–H groups in total. The van der Waals surface area contributed by atoms with Crippen LogP contribution in [0.3, 0.4) is 0 Å². The van der Waals surface area contributed by atoms with Gasteiger partial charge in [-0.15, -0.1) is 11.3 Å². The van der Waals surface area contributed by atoms with Crippen LogP contribution in [-0.2, 0) is 13.0 Å². The van der Waals surface area contributed by atoms with Gasteiger partial charge in [0.15, 0.2) is 0 Å². The molecule has 1 aromatic heterocycles. The summed E-state index contributed by atoms with van der Waals surface area (Å²) in [6.07, 6.45) is 2.93. The topological polar surface area (TPSA) is 66.8 Å². The molecule has 1 aliphatic rings. The first-order valence-electron chi connectivity index (χ1n) is 9.95. The molecule has 0 spiro atoms. The van der Waals surface area contributed by atoms with E-state index >= 15 is 0 Å². The first-order valence-corrected chi connectivity index (χ1v) is 10.8. The third-order valence-corrected chi connectivity index (χ3v) is 6.06. The van der Waals surface area contributed by atoms with Gasteiger partial charge in [0.05, 0.1) is 18.3 Å². The molecule has 0 amide bonds. The maximum atomic E-state index is 10.3. The van der Waals surface area contributed by atoms with Gasteiger partial charge < -0.3 is 24.8 Å². The minimum Gasteiger partial charge on any atom is -0.497 e. The molecule has 0 aliphatic carbocycles. The van der Waals surface area contributed by atoms with Crippen molar-refractivity contribution in [3.05, 3.63) is 39.8 Å². The number of ether oxygens (including phenoxy) is 2. The Morgan fingerprint density at radius 2 is 2.14 bits per heavy atom. The van der Waals surface area contributed by atoms with E-state index in [4.69, 9.17) is 9.47 Å². The van der Waals surface area contributed by atoms with Gasteiger partial charge in [0.25, 0.3) is 0 Å². The Morgan fingerprint density at radius 3 is 2.86 bits per heavy atom. The number of nitrogens with one attached hydrogen (secondary N) is 1. The molecule has 6 nitrogen and oxygen atoms in total. The highest BCUT2D eigenvalue weighted by atomic mass is 32.1. The van der Waals surface area contributed by atoms with Crippen molar-refractivity contribution in [2.24, 2.45) is 0 Å². The third-order valence-electron chi connectivity index (χ3n) is 5.06. The van der Waals surface area contributed by atoms with Crippen LogP contribution in [0, 0.1) is 6.92 Å². The van der Waals surface area contributed by atoms with Crippen LogP contribution in [0.5, 0.6) is 11.5 Å². The minimum atomic E-state index is -0.487. The average Bonchev–Trinajstić information content (AvgIpc) is 3.35. The van der Waals surface area contributed by atoms with Crippen molar-refractivity contribution in [1.82, 2.24) is 15.2 Å². The molecule has 1 aromatic carbocycles. The maximum Gasteiger partial charge on any atom is 0.127 e. The number of hydrogen-bond donors (Lipinski definition) is 2. The molecule has 2 aromatic rings. The number of aliphatic hydroxyl groups excluding tert-OH is 1. The lowest BCUT2D eigenvalue weighted by molar-refractivity contribution is 0.0753. The second-order valence-electron chi connectivity index (χ2n) is 7.23. The van der Waals surface area contributed by atoms with Crippen LogP contribution in [-0.4, -0.2) is 61.0 Å². The predicted molar refractivity (Wildman–Crippen MR) is 112 cm³/mol. The summed E-state index contributed by atoms with van der Waals surface area (Å²) < 4.78 is 11.3. The Kier molecular flexibility index (Phi) is 8.09. The van der Waals surface area contributed by atoms with E-state index in [2.05, 4.69) is 22.1 Å². The second kappa shape index (κ2) is 10.8. The van der Waals surface area contributed by atoms with Crippen molar-refractivity contribution in [2.75, 3.05) is 39.9 Å². The number of benzene rings is 1. The van der Waals surface area contributed by atoms with Crippen LogP contribution in [0.4, 0.5) is 0 Å². The van der Waals surface area contributed by atoms with Crippen molar-refractivity contribution in [3.63, 3.8) is 0 Å².